The number of nitrogens with one attached hydrogen (secondary N) is 1. The van der Waals surface area contributed by atoms with Gasteiger partial charge in [0.15, 0.2) is 0 Å². The summed E-state index contributed by atoms with van der Waals surface area (Å²) in [7, 11) is 0. The lowest BCUT2D eigenvalue weighted by atomic mass is 10.0. The maximum absolute atomic E-state index is 4.32. The Morgan fingerprint density at radius 3 is 1.60 bits per heavy atom. The van der Waals surface area contributed by atoms with Crippen LogP contribution in [0.5, 0.6) is 0 Å². The summed E-state index contributed by atoms with van der Waals surface area (Å²) in [6.45, 7) is 0. The van der Waals surface area contributed by atoms with Crippen LogP contribution in [-0.4, -0.2) is 24.8 Å². The highest BCUT2D eigenvalue weighted by atomic mass is 15.4. The standard InChI is InChI=1S/C29H22N6/c1-3-8-28(26(6-1)22-10-14-24(15-11-22)34-20-5-18-31-34)32-29-9-4-2-7-27(29)23-12-16-25(17-13-23)35-21-19-30-33-35/h1-21,32H. The zero-order chi connectivity index (χ0) is 23.5. The summed E-state index contributed by atoms with van der Waals surface area (Å²) in [4.78, 5) is 0. The van der Waals surface area contributed by atoms with E-state index in [0.29, 0.717) is 0 Å². The summed E-state index contributed by atoms with van der Waals surface area (Å²) >= 11 is 0. The van der Waals surface area contributed by atoms with E-state index in [1.807, 2.05) is 23.1 Å². The van der Waals surface area contributed by atoms with Gasteiger partial charge in [0.25, 0.3) is 0 Å². The summed E-state index contributed by atoms with van der Waals surface area (Å²) < 4.78 is 3.61. The second kappa shape index (κ2) is 9.11. The lowest BCUT2D eigenvalue weighted by Gasteiger charge is -2.16. The Morgan fingerprint density at radius 2 is 1.09 bits per heavy atom. The van der Waals surface area contributed by atoms with E-state index in [4.69, 9.17) is 0 Å². The van der Waals surface area contributed by atoms with Crippen LogP contribution in [0.15, 0.2) is 128 Å². The van der Waals surface area contributed by atoms with Gasteiger partial charge >= 0.3 is 0 Å². The van der Waals surface area contributed by atoms with Gasteiger partial charge < -0.3 is 5.32 Å². The third-order valence-electron chi connectivity index (χ3n) is 5.94. The minimum atomic E-state index is 0.973. The average molecular weight is 455 g/mol. The van der Waals surface area contributed by atoms with Crippen molar-refractivity contribution in [2.45, 2.75) is 0 Å². The molecule has 168 valence electrons. The Balaban J connectivity index is 1.31. The van der Waals surface area contributed by atoms with Crippen molar-refractivity contribution in [3.05, 3.63) is 128 Å². The lowest BCUT2D eigenvalue weighted by Crippen LogP contribution is -1.97. The fraction of sp³-hybridized carbons (Fsp3) is 0. The third-order valence-corrected chi connectivity index (χ3v) is 5.94. The van der Waals surface area contributed by atoms with Crippen LogP contribution in [0.25, 0.3) is 33.6 Å². The van der Waals surface area contributed by atoms with Crippen LogP contribution in [0.3, 0.4) is 0 Å². The molecule has 1 N–H and O–H groups in total. The highest BCUT2D eigenvalue weighted by molar-refractivity contribution is 5.87. The molecule has 0 aliphatic rings. The maximum atomic E-state index is 4.32. The van der Waals surface area contributed by atoms with Crippen molar-refractivity contribution >= 4 is 11.4 Å². The molecule has 6 rings (SSSR count). The highest BCUT2D eigenvalue weighted by Gasteiger charge is 2.10. The van der Waals surface area contributed by atoms with Gasteiger partial charge in [-0.1, -0.05) is 65.9 Å². The summed E-state index contributed by atoms with van der Waals surface area (Å²) in [6, 6.07) is 35.4. The topological polar surface area (TPSA) is 60.6 Å². The number of hydrogen-bond donors (Lipinski definition) is 1. The number of nitrogens with zero attached hydrogens (tertiary/aromatic N) is 5. The fourth-order valence-corrected chi connectivity index (χ4v) is 4.19. The molecular formula is C29H22N6. The zero-order valence-electron chi connectivity index (χ0n) is 18.9. The Bertz CT molecular complexity index is 1420. The van der Waals surface area contributed by atoms with E-state index >= 15 is 0 Å². The summed E-state index contributed by atoms with van der Waals surface area (Å²) in [5, 5.41) is 16.0. The molecule has 2 aromatic heterocycles. The van der Waals surface area contributed by atoms with Crippen LogP contribution in [0, 0.1) is 0 Å². The molecule has 0 radical (unpaired) electrons. The molecule has 6 heteroatoms. The zero-order valence-corrected chi connectivity index (χ0v) is 18.9. The minimum Gasteiger partial charge on any atom is -0.355 e. The molecular weight excluding hydrogens is 432 g/mol. The number of para-hydroxylation sites is 2. The van der Waals surface area contributed by atoms with Gasteiger partial charge in [-0.15, -0.1) is 5.10 Å². The number of anilines is 2. The molecule has 0 atom stereocenters. The SMILES string of the molecule is c1ccc(-c2ccc(-n3cccn3)cc2)c(Nc2ccccc2-c2ccc(-n3ccnn3)cc2)c1. The Kier molecular flexibility index (Phi) is 5.37. The van der Waals surface area contributed by atoms with Crippen LogP contribution < -0.4 is 5.32 Å². The molecule has 0 aliphatic carbocycles. The Labute approximate surface area is 203 Å². The van der Waals surface area contributed by atoms with E-state index in [2.05, 4.69) is 118 Å². The Hall–Kier alpha value is -4.97. The van der Waals surface area contributed by atoms with Gasteiger partial charge in [0.1, 0.15) is 0 Å². The minimum absolute atomic E-state index is 0.973. The number of benzene rings is 4. The summed E-state index contributed by atoms with van der Waals surface area (Å²) in [5.41, 5.74) is 8.62. The van der Waals surface area contributed by atoms with Gasteiger partial charge in [0.2, 0.25) is 0 Å². The van der Waals surface area contributed by atoms with E-state index in [1.54, 1.807) is 17.1 Å². The maximum Gasteiger partial charge on any atom is 0.0697 e. The van der Waals surface area contributed by atoms with Crippen LogP contribution in [0.1, 0.15) is 0 Å². The van der Waals surface area contributed by atoms with E-state index in [0.717, 1.165) is 45.0 Å². The van der Waals surface area contributed by atoms with Crippen molar-refractivity contribution < 1.29 is 0 Å². The van der Waals surface area contributed by atoms with Crippen molar-refractivity contribution in [1.82, 2.24) is 24.8 Å². The molecule has 35 heavy (non-hydrogen) atoms. The van der Waals surface area contributed by atoms with E-state index in [9.17, 15) is 0 Å². The molecule has 0 amide bonds. The first kappa shape index (κ1) is 20.6. The van der Waals surface area contributed by atoms with E-state index in [1.165, 1.54) is 0 Å². The predicted octanol–water partition coefficient (Wildman–Crippen LogP) is 6.53. The smallest absolute Gasteiger partial charge is 0.0697 e. The molecule has 0 bridgehead atoms. The van der Waals surface area contributed by atoms with Crippen molar-refractivity contribution in [3.63, 3.8) is 0 Å². The molecule has 6 nitrogen and oxygen atoms in total. The highest BCUT2D eigenvalue weighted by Crippen LogP contribution is 2.35. The largest absolute Gasteiger partial charge is 0.355 e. The summed E-state index contributed by atoms with van der Waals surface area (Å²) in [6.07, 6.45) is 7.24. The molecule has 0 fully saturated rings. The molecule has 0 aliphatic heterocycles. The molecule has 0 unspecified atom stereocenters. The fourth-order valence-electron chi connectivity index (χ4n) is 4.19. The molecule has 4 aromatic carbocycles. The van der Waals surface area contributed by atoms with E-state index in [-0.39, 0.29) is 0 Å². The van der Waals surface area contributed by atoms with Crippen LogP contribution >= 0.6 is 0 Å². The first-order valence-electron chi connectivity index (χ1n) is 11.4. The van der Waals surface area contributed by atoms with Gasteiger partial charge in [-0.25, -0.2) is 9.36 Å². The average Bonchev–Trinajstić information content (AvgIpc) is 3.65. The normalized spacial score (nSPS) is 10.9. The molecule has 0 saturated carbocycles. The van der Waals surface area contributed by atoms with Gasteiger partial charge in [0.05, 0.1) is 23.8 Å². The second-order valence-corrected chi connectivity index (χ2v) is 8.11. The molecule has 0 saturated heterocycles. The van der Waals surface area contributed by atoms with E-state index < -0.39 is 0 Å². The van der Waals surface area contributed by atoms with Crippen molar-refractivity contribution in [2.24, 2.45) is 0 Å². The van der Waals surface area contributed by atoms with Gasteiger partial charge in [0, 0.05) is 34.9 Å². The quantitative estimate of drug-likeness (QED) is 0.311. The van der Waals surface area contributed by atoms with Crippen molar-refractivity contribution in [1.29, 1.82) is 0 Å². The molecule has 2 heterocycles. The van der Waals surface area contributed by atoms with Crippen molar-refractivity contribution in [2.75, 3.05) is 5.32 Å². The lowest BCUT2D eigenvalue weighted by molar-refractivity contribution is 0.803. The number of hydrogen-bond acceptors (Lipinski definition) is 4. The number of rotatable bonds is 6. The number of aromatic nitrogens is 5. The van der Waals surface area contributed by atoms with Gasteiger partial charge in [-0.3, -0.25) is 0 Å². The first-order valence-corrected chi connectivity index (χ1v) is 11.4. The third kappa shape index (κ3) is 4.20. The second-order valence-electron chi connectivity index (χ2n) is 8.11. The molecule has 0 spiro atoms. The predicted molar refractivity (Wildman–Crippen MR) is 139 cm³/mol. The molecule has 6 aromatic rings. The first-order chi connectivity index (χ1) is 17.3. The Morgan fingerprint density at radius 1 is 0.514 bits per heavy atom. The van der Waals surface area contributed by atoms with Crippen LogP contribution in [0.2, 0.25) is 0 Å². The van der Waals surface area contributed by atoms with Crippen molar-refractivity contribution in [3.8, 4) is 33.6 Å². The monoisotopic (exact) mass is 454 g/mol. The van der Waals surface area contributed by atoms with Gasteiger partial charge in [-0.2, -0.15) is 5.10 Å². The van der Waals surface area contributed by atoms with Crippen LogP contribution in [-0.2, 0) is 0 Å². The summed E-state index contributed by atoms with van der Waals surface area (Å²) in [5.74, 6) is 0. The van der Waals surface area contributed by atoms with Gasteiger partial charge in [-0.05, 0) is 53.6 Å². The van der Waals surface area contributed by atoms with Crippen LogP contribution in [0.4, 0.5) is 11.4 Å².